The molecule has 0 aromatic carbocycles. The van der Waals surface area contributed by atoms with Crippen molar-refractivity contribution in [1.82, 2.24) is 20.1 Å². The van der Waals surface area contributed by atoms with E-state index in [0.717, 1.165) is 6.41 Å². The van der Waals surface area contributed by atoms with Crippen molar-refractivity contribution in [3.63, 3.8) is 0 Å². The van der Waals surface area contributed by atoms with Crippen molar-refractivity contribution >= 4 is 28.1 Å². The van der Waals surface area contributed by atoms with E-state index in [9.17, 15) is 22.8 Å². The van der Waals surface area contributed by atoms with Gasteiger partial charge < -0.3 is 15.1 Å². The molecule has 1 aromatic heterocycles. The summed E-state index contributed by atoms with van der Waals surface area (Å²) in [6, 6.07) is 4.16. The van der Waals surface area contributed by atoms with Gasteiger partial charge in [-0.2, -0.15) is 0 Å². The number of nitrogens with zero attached hydrogens (tertiary/aromatic N) is 3. The van der Waals surface area contributed by atoms with Crippen LogP contribution in [-0.4, -0.2) is 85.2 Å². The van der Waals surface area contributed by atoms with Gasteiger partial charge in [-0.25, -0.2) is 13.4 Å². The summed E-state index contributed by atoms with van der Waals surface area (Å²) in [4.78, 5) is 42.9. The Bertz CT molecular complexity index is 818. The van der Waals surface area contributed by atoms with Crippen molar-refractivity contribution in [3.8, 4) is 0 Å². The second kappa shape index (κ2) is 7.40. The van der Waals surface area contributed by atoms with E-state index in [0.29, 0.717) is 32.6 Å². The number of aromatic nitrogens is 1. The largest absolute Gasteiger partial charge is 0.347 e. The zero-order valence-electron chi connectivity index (χ0n) is 14.1. The van der Waals surface area contributed by atoms with Gasteiger partial charge in [0.1, 0.15) is 11.4 Å². The Morgan fingerprint density at radius 2 is 1.85 bits per heavy atom. The number of rotatable bonds is 4. The highest BCUT2D eigenvalue weighted by Gasteiger charge is 2.29. The summed E-state index contributed by atoms with van der Waals surface area (Å²) >= 11 is 0. The number of sulfone groups is 1. The third-order valence-corrected chi connectivity index (χ3v) is 6.29. The number of amides is 3. The Labute approximate surface area is 151 Å². The predicted octanol–water partition coefficient (Wildman–Crippen LogP) is -1.09. The minimum Gasteiger partial charge on any atom is -0.347 e. The highest BCUT2D eigenvalue weighted by atomic mass is 32.2. The summed E-state index contributed by atoms with van der Waals surface area (Å²) in [5.74, 6) is -0.796. The molecule has 0 spiro atoms. The predicted molar refractivity (Wildman–Crippen MR) is 92.3 cm³/mol. The SMILES string of the molecule is O=CN1CCN(C(=O)c2cccc(C(=O)NC3CCS(=O)(=O)C3)n2)CC1. The number of hydrogen-bond acceptors (Lipinski definition) is 6. The number of piperazine rings is 1. The molecule has 0 saturated carbocycles. The van der Waals surface area contributed by atoms with Crippen LogP contribution in [0.15, 0.2) is 18.2 Å². The van der Waals surface area contributed by atoms with Crippen LogP contribution in [0, 0.1) is 0 Å². The molecule has 1 N–H and O–H groups in total. The molecule has 3 heterocycles. The smallest absolute Gasteiger partial charge is 0.272 e. The first-order valence-corrected chi connectivity index (χ1v) is 10.2. The number of carbonyl (C=O) groups is 3. The lowest BCUT2D eigenvalue weighted by Crippen LogP contribution is -2.48. The van der Waals surface area contributed by atoms with Gasteiger partial charge in [-0.3, -0.25) is 14.4 Å². The Hall–Kier alpha value is -2.49. The molecular formula is C16H20N4O5S. The monoisotopic (exact) mass is 380 g/mol. The Balaban J connectivity index is 1.65. The van der Waals surface area contributed by atoms with Crippen molar-refractivity contribution in [2.24, 2.45) is 0 Å². The van der Waals surface area contributed by atoms with Crippen LogP contribution in [0.2, 0.25) is 0 Å². The fraction of sp³-hybridized carbons (Fsp3) is 0.500. The Kier molecular flexibility index (Phi) is 5.21. The van der Waals surface area contributed by atoms with Crippen LogP contribution in [0.5, 0.6) is 0 Å². The lowest BCUT2D eigenvalue weighted by molar-refractivity contribution is -0.119. The zero-order valence-corrected chi connectivity index (χ0v) is 14.9. The van der Waals surface area contributed by atoms with E-state index < -0.39 is 21.8 Å². The molecule has 0 radical (unpaired) electrons. The van der Waals surface area contributed by atoms with E-state index in [1.54, 1.807) is 15.9 Å². The van der Waals surface area contributed by atoms with Crippen molar-refractivity contribution in [2.45, 2.75) is 12.5 Å². The molecule has 0 aliphatic carbocycles. The highest BCUT2D eigenvalue weighted by molar-refractivity contribution is 7.91. The number of nitrogens with one attached hydrogen (secondary N) is 1. The molecule has 1 atom stereocenters. The van der Waals surface area contributed by atoms with E-state index in [1.165, 1.54) is 12.1 Å². The fourth-order valence-electron chi connectivity index (χ4n) is 3.04. The van der Waals surface area contributed by atoms with Gasteiger partial charge in [0.05, 0.1) is 11.5 Å². The normalized spacial score (nSPS) is 22.1. The van der Waals surface area contributed by atoms with Crippen molar-refractivity contribution in [2.75, 3.05) is 37.7 Å². The maximum Gasteiger partial charge on any atom is 0.272 e. The van der Waals surface area contributed by atoms with Gasteiger partial charge in [0.2, 0.25) is 6.41 Å². The number of pyridine rings is 1. The molecule has 2 fully saturated rings. The van der Waals surface area contributed by atoms with E-state index >= 15 is 0 Å². The molecule has 26 heavy (non-hydrogen) atoms. The van der Waals surface area contributed by atoms with Gasteiger partial charge in [0.15, 0.2) is 9.84 Å². The van der Waals surface area contributed by atoms with Crippen LogP contribution >= 0.6 is 0 Å². The van der Waals surface area contributed by atoms with E-state index in [-0.39, 0.29) is 28.8 Å². The highest BCUT2D eigenvalue weighted by Crippen LogP contribution is 2.12. The second-order valence-electron chi connectivity index (χ2n) is 6.42. The summed E-state index contributed by atoms with van der Waals surface area (Å²) in [5, 5.41) is 2.66. The molecular weight excluding hydrogens is 360 g/mol. The lowest BCUT2D eigenvalue weighted by Gasteiger charge is -2.32. The minimum absolute atomic E-state index is 0.0661. The molecule has 9 nitrogen and oxygen atoms in total. The quantitative estimate of drug-likeness (QED) is 0.664. The minimum atomic E-state index is -3.09. The molecule has 2 aliphatic rings. The average molecular weight is 380 g/mol. The molecule has 3 rings (SSSR count). The van der Waals surface area contributed by atoms with Crippen LogP contribution in [0.3, 0.4) is 0 Å². The van der Waals surface area contributed by atoms with Gasteiger partial charge in [-0.05, 0) is 18.6 Å². The second-order valence-corrected chi connectivity index (χ2v) is 8.64. The topological polar surface area (TPSA) is 117 Å². The number of hydrogen-bond donors (Lipinski definition) is 1. The first-order valence-electron chi connectivity index (χ1n) is 8.35. The van der Waals surface area contributed by atoms with Crippen molar-refractivity contribution < 1.29 is 22.8 Å². The first-order chi connectivity index (χ1) is 12.4. The molecule has 2 aliphatic heterocycles. The number of carbonyl (C=O) groups excluding carboxylic acids is 3. The molecule has 1 unspecified atom stereocenters. The van der Waals surface area contributed by atoms with Crippen LogP contribution in [0.4, 0.5) is 0 Å². The summed E-state index contributed by atoms with van der Waals surface area (Å²) in [5.41, 5.74) is 0.225. The first kappa shape index (κ1) is 18.3. The van der Waals surface area contributed by atoms with E-state index in [2.05, 4.69) is 10.3 Å². The summed E-state index contributed by atoms with van der Waals surface area (Å²) in [7, 11) is -3.09. The zero-order chi connectivity index (χ0) is 18.7. The van der Waals surface area contributed by atoms with Gasteiger partial charge >= 0.3 is 0 Å². The average Bonchev–Trinajstić information content (AvgIpc) is 2.99. The summed E-state index contributed by atoms with van der Waals surface area (Å²) < 4.78 is 23.0. The molecule has 140 valence electrons. The Morgan fingerprint density at radius 3 is 2.46 bits per heavy atom. The molecule has 0 bridgehead atoms. The van der Waals surface area contributed by atoms with Gasteiger partial charge in [-0.15, -0.1) is 0 Å². The standard InChI is InChI=1S/C16H20N4O5S/c21-11-19-5-7-20(8-6-19)16(23)14-3-1-2-13(18-14)15(22)17-12-4-9-26(24,25)10-12/h1-3,11-12H,4-10H2,(H,17,22). The van der Waals surface area contributed by atoms with Crippen LogP contribution < -0.4 is 5.32 Å². The third kappa shape index (κ3) is 4.18. The molecule has 2 saturated heterocycles. The van der Waals surface area contributed by atoms with Crippen LogP contribution in [0.25, 0.3) is 0 Å². The maximum absolute atomic E-state index is 12.5. The van der Waals surface area contributed by atoms with Crippen LogP contribution in [-0.2, 0) is 14.6 Å². The Morgan fingerprint density at radius 1 is 1.15 bits per heavy atom. The van der Waals surface area contributed by atoms with Crippen molar-refractivity contribution in [1.29, 1.82) is 0 Å². The van der Waals surface area contributed by atoms with E-state index in [1.807, 2.05) is 0 Å². The van der Waals surface area contributed by atoms with Gasteiger partial charge in [-0.1, -0.05) is 6.07 Å². The summed E-state index contributed by atoms with van der Waals surface area (Å²) in [6.45, 7) is 1.75. The maximum atomic E-state index is 12.5. The molecule has 3 amide bonds. The summed E-state index contributed by atoms with van der Waals surface area (Å²) in [6.07, 6.45) is 1.14. The lowest BCUT2D eigenvalue weighted by atomic mass is 10.2. The third-order valence-electron chi connectivity index (χ3n) is 4.52. The molecule has 10 heteroatoms. The van der Waals surface area contributed by atoms with E-state index in [4.69, 9.17) is 0 Å². The van der Waals surface area contributed by atoms with Gasteiger partial charge in [0.25, 0.3) is 11.8 Å². The van der Waals surface area contributed by atoms with Crippen molar-refractivity contribution in [3.05, 3.63) is 29.6 Å². The fourth-order valence-corrected chi connectivity index (χ4v) is 4.71. The van der Waals surface area contributed by atoms with Crippen LogP contribution in [0.1, 0.15) is 27.4 Å². The van der Waals surface area contributed by atoms with Gasteiger partial charge in [0, 0.05) is 32.2 Å². The molecule has 1 aromatic rings.